The number of aliphatic imine (C=N–C) groups is 1. The van der Waals surface area contributed by atoms with Crippen LogP contribution in [0.4, 0.5) is 0 Å². The second kappa shape index (κ2) is 10.8. The van der Waals surface area contributed by atoms with Gasteiger partial charge in [0.1, 0.15) is 0 Å². The average molecular weight is 444 g/mol. The van der Waals surface area contributed by atoms with Gasteiger partial charge in [0.05, 0.1) is 11.6 Å². The Labute approximate surface area is 160 Å². The molecule has 0 aromatic heterocycles. The van der Waals surface area contributed by atoms with Gasteiger partial charge in [-0.3, -0.25) is 4.99 Å². The molecule has 1 fully saturated rings. The number of nitriles is 1. The molecule has 0 spiro atoms. The highest BCUT2D eigenvalue weighted by Gasteiger charge is 2.21. The fraction of sp³-hybridized carbons (Fsp3) is 0.529. The van der Waals surface area contributed by atoms with Gasteiger partial charge < -0.3 is 10.6 Å². The lowest BCUT2D eigenvalue weighted by atomic mass is 9.95. The van der Waals surface area contributed by atoms with E-state index < -0.39 is 0 Å². The number of hydrogen-bond acceptors (Lipinski definition) is 3. The average Bonchev–Trinajstić information content (AvgIpc) is 2.58. The Morgan fingerprint density at radius 2 is 2.26 bits per heavy atom. The van der Waals surface area contributed by atoms with Gasteiger partial charge in [0.15, 0.2) is 5.96 Å². The minimum absolute atomic E-state index is 0. The first-order valence-electron chi connectivity index (χ1n) is 7.74. The smallest absolute Gasteiger partial charge is 0.191 e. The van der Waals surface area contributed by atoms with Crippen molar-refractivity contribution in [3.8, 4) is 6.07 Å². The van der Waals surface area contributed by atoms with Gasteiger partial charge in [-0.1, -0.05) is 18.6 Å². The van der Waals surface area contributed by atoms with Crippen molar-refractivity contribution >= 4 is 41.7 Å². The minimum Gasteiger partial charge on any atom is -0.354 e. The summed E-state index contributed by atoms with van der Waals surface area (Å²) in [6.07, 6.45) is 7.21. The molecule has 1 aliphatic carbocycles. The van der Waals surface area contributed by atoms with Gasteiger partial charge in [-0.05, 0) is 43.2 Å². The molecule has 0 bridgehead atoms. The van der Waals surface area contributed by atoms with E-state index in [1.807, 2.05) is 36.0 Å². The lowest BCUT2D eigenvalue weighted by molar-refractivity contribution is 0.419. The predicted octanol–water partition coefficient (Wildman–Crippen LogP) is 3.52. The van der Waals surface area contributed by atoms with Crippen LogP contribution in [0.25, 0.3) is 0 Å². The molecule has 4 nitrogen and oxygen atoms in total. The van der Waals surface area contributed by atoms with Gasteiger partial charge in [-0.15, -0.1) is 24.0 Å². The second-order valence-corrected chi connectivity index (χ2v) is 6.74. The zero-order valence-electron chi connectivity index (χ0n) is 13.7. The number of nitrogens with one attached hydrogen (secondary N) is 2. The van der Waals surface area contributed by atoms with E-state index in [0.29, 0.717) is 18.2 Å². The molecule has 1 aromatic rings. The summed E-state index contributed by atoms with van der Waals surface area (Å²) in [7, 11) is 1.80. The standard InChI is InChI=1S/C17H24N4S.HI/c1-19-17(21-15-7-4-8-16(10-15)22-2)20-12-14-6-3-5-13(9-14)11-18;/h3,5-6,9,15-16H,4,7-8,10,12H2,1-2H3,(H2,19,20,21);1H. The van der Waals surface area contributed by atoms with Crippen LogP contribution >= 0.6 is 35.7 Å². The first kappa shape index (κ1) is 20.1. The van der Waals surface area contributed by atoms with E-state index in [4.69, 9.17) is 5.26 Å². The molecule has 0 radical (unpaired) electrons. The van der Waals surface area contributed by atoms with Gasteiger partial charge in [0, 0.05) is 24.9 Å². The Morgan fingerprint density at radius 1 is 1.43 bits per heavy atom. The quantitative estimate of drug-likeness (QED) is 0.424. The zero-order chi connectivity index (χ0) is 15.8. The van der Waals surface area contributed by atoms with E-state index in [2.05, 4.69) is 28.0 Å². The molecule has 2 rings (SSSR count). The molecule has 0 amide bonds. The van der Waals surface area contributed by atoms with Crippen LogP contribution in [0.1, 0.15) is 36.8 Å². The van der Waals surface area contributed by atoms with Crippen LogP contribution in [0.5, 0.6) is 0 Å². The number of rotatable bonds is 4. The maximum atomic E-state index is 8.94. The SMILES string of the molecule is CN=C(NCc1cccc(C#N)c1)NC1CCCC(SC)C1.I. The van der Waals surface area contributed by atoms with Crippen LogP contribution in [0.15, 0.2) is 29.3 Å². The van der Waals surface area contributed by atoms with Crippen LogP contribution in [-0.2, 0) is 6.54 Å². The third-order valence-electron chi connectivity index (χ3n) is 4.04. The van der Waals surface area contributed by atoms with Gasteiger partial charge in [0.25, 0.3) is 0 Å². The molecule has 6 heteroatoms. The molecule has 1 aromatic carbocycles. The van der Waals surface area contributed by atoms with Crippen molar-refractivity contribution < 1.29 is 0 Å². The van der Waals surface area contributed by atoms with E-state index >= 15 is 0 Å². The second-order valence-electron chi connectivity index (χ2n) is 5.60. The molecule has 1 saturated carbocycles. The lowest BCUT2D eigenvalue weighted by Gasteiger charge is -2.29. The Morgan fingerprint density at radius 3 is 2.96 bits per heavy atom. The van der Waals surface area contributed by atoms with Gasteiger partial charge in [0.2, 0.25) is 0 Å². The van der Waals surface area contributed by atoms with Gasteiger partial charge in [-0.25, -0.2) is 0 Å². The fourth-order valence-electron chi connectivity index (χ4n) is 2.81. The van der Waals surface area contributed by atoms with Crippen molar-refractivity contribution in [2.75, 3.05) is 13.3 Å². The van der Waals surface area contributed by atoms with E-state index in [1.54, 1.807) is 7.05 Å². The highest BCUT2D eigenvalue weighted by molar-refractivity contribution is 14.0. The summed E-state index contributed by atoms with van der Waals surface area (Å²) in [5, 5.41) is 16.6. The van der Waals surface area contributed by atoms with Crippen molar-refractivity contribution in [3.05, 3.63) is 35.4 Å². The topological polar surface area (TPSA) is 60.2 Å². The van der Waals surface area contributed by atoms with Crippen molar-refractivity contribution in [1.82, 2.24) is 10.6 Å². The molecule has 0 saturated heterocycles. The monoisotopic (exact) mass is 444 g/mol. The lowest BCUT2D eigenvalue weighted by Crippen LogP contribution is -2.45. The van der Waals surface area contributed by atoms with Crippen LogP contribution in [0.3, 0.4) is 0 Å². The molecular weight excluding hydrogens is 419 g/mol. The van der Waals surface area contributed by atoms with E-state index in [9.17, 15) is 0 Å². The summed E-state index contributed by atoms with van der Waals surface area (Å²) in [6, 6.07) is 10.3. The van der Waals surface area contributed by atoms with Crippen LogP contribution < -0.4 is 10.6 Å². The van der Waals surface area contributed by atoms with Crippen molar-refractivity contribution in [2.24, 2.45) is 4.99 Å². The van der Waals surface area contributed by atoms with Crippen LogP contribution in [-0.4, -0.2) is 30.6 Å². The summed E-state index contributed by atoms with van der Waals surface area (Å²) >= 11 is 1.97. The Kier molecular flexibility index (Phi) is 9.41. The normalized spacial score (nSPS) is 21.0. The number of halogens is 1. The third-order valence-corrected chi connectivity index (χ3v) is 5.13. The zero-order valence-corrected chi connectivity index (χ0v) is 16.9. The molecule has 0 aliphatic heterocycles. The summed E-state index contributed by atoms with van der Waals surface area (Å²) in [5.74, 6) is 0.842. The maximum absolute atomic E-state index is 8.94. The summed E-state index contributed by atoms with van der Waals surface area (Å²) in [5.41, 5.74) is 1.78. The molecule has 2 atom stereocenters. The van der Waals surface area contributed by atoms with Crippen molar-refractivity contribution in [2.45, 2.75) is 43.5 Å². The third kappa shape index (κ3) is 6.60. The Balaban J connectivity index is 0.00000264. The van der Waals surface area contributed by atoms with Crippen molar-refractivity contribution in [3.63, 3.8) is 0 Å². The predicted molar refractivity (Wildman–Crippen MR) is 109 cm³/mol. The highest BCUT2D eigenvalue weighted by Crippen LogP contribution is 2.26. The maximum Gasteiger partial charge on any atom is 0.191 e. The van der Waals surface area contributed by atoms with Crippen molar-refractivity contribution in [1.29, 1.82) is 5.26 Å². The number of hydrogen-bond donors (Lipinski definition) is 2. The number of guanidine groups is 1. The number of thioether (sulfide) groups is 1. The molecule has 23 heavy (non-hydrogen) atoms. The largest absolute Gasteiger partial charge is 0.354 e. The highest BCUT2D eigenvalue weighted by atomic mass is 127. The van der Waals surface area contributed by atoms with Crippen LogP contribution in [0.2, 0.25) is 0 Å². The van der Waals surface area contributed by atoms with Gasteiger partial charge in [-0.2, -0.15) is 17.0 Å². The van der Waals surface area contributed by atoms with Crippen LogP contribution in [0, 0.1) is 11.3 Å². The van der Waals surface area contributed by atoms with E-state index in [-0.39, 0.29) is 24.0 Å². The van der Waals surface area contributed by atoms with E-state index in [1.165, 1.54) is 25.7 Å². The first-order valence-corrected chi connectivity index (χ1v) is 9.03. The molecule has 1 aliphatic rings. The molecule has 0 heterocycles. The fourth-order valence-corrected chi connectivity index (χ4v) is 3.64. The minimum atomic E-state index is 0. The summed E-state index contributed by atoms with van der Waals surface area (Å²) < 4.78 is 0. The molecule has 126 valence electrons. The van der Waals surface area contributed by atoms with Gasteiger partial charge >= 0.3 is 0 Å². The number of nitrogens with zero attached hydrogens (tertiary/aromatic N) is 2. The molecule has 2 unspecified atom stereocenters. The Bertz CT molecular complexity index is 556. The summed E-state index contributed by atoms with van der Waals surface area (Å²) in [6.45, 7) is 0.674. The summed E-state index contributed by atoms with van der Waals surface area (Å²) in [4.78, 5) is 4.31. The van der Waals surface area contributed by atoms with E-state index in [0.717, 1.165) is 16.8 Å². The molecular formula is C17H25IN4S. The molecule has 2 N–H and O–H groups in total. The first-order chi connectivity index (χ1) is 10.7. The number of benzene rings is 1. The Hall–Kier alpha value is -0.940.